The van der Waals surface area contributed by atoms with Gasteiger partial charge in [-0.2, -0.15) is 0 Å². The first-order valence-corrected chi connectivity index (χ1v) is 3.62. The topological polar surface area (TPSA) is 56.5 Å². The van der Waals surface area contributed by atoms with Crippen LogP contribution in [0.4, 0.5) is 5.82 Å². The first-order chi connectivity index (χ1) is 5.92. The fourth-order valence-corrected chi connectivity index (χ4v) is 1.22. The number of aromatic nitrogens is 2. The Morgan fingerprint density at radius 3 is 3.50 bits per heavy atom. The van der Waals surface area contributed by atoms with Gasteiger partial charge in [-0.25, -0.2) is 9.78 Å². The highest BCUT2D eigenvalue weighted by molar-refractivity contribution is 5.44. The van der Waals surface area contributed by atoms with Gasteiger partial charge in [-0.05, 0) is 0 Å². The molecule has 0 fully saturated rings. The maximum Gasteiger partial charge on any atom is 0.242 e. The summed E-state index contributed by atoms with van der Waals surface area (Å²) >= 11 is 0. The maximum absolute atomic E-state index is 9.99. The monoisotopic (exact) mass is 165 g/mol. The van der Waals surface area contributed by atoms with E-state index in [1.165, 1.54) is 6.08 Å². The molecule has 0 aromatic carbocycles. The Bertz CT molecular complexity index is 338. The molecule has 0 spiro atoms. The quantitative estimate of drug-likeness (QED) is 0.446. The fourth-order valence-electron chi connectivity index (χ4n) is 1.22. The van der Waals surface area contributed by atoms with Crippen LogP contribution in [-0.4, -0.2) is 22.2 Å². The van der Waals surface area contributed by atoms with Gasteiger partial charge in [0, 0.05) is 6.54 Å². The number of hydrogen-bond acceptors (Lipinski definition) is 4. The van der Waals surface area contributed by atoms with Crippen molar-refractivity contribution in [2.24, 2.45) is 4.99 Å². The Labute approximate surface area is 68.7 Å². The van der Waals surface area contributed by atoms with Crippen LogP contribution in [0.5, 0.6) is 0 Å². The van der Waals surface area contributed by atoms with Crippen molar-refractivity contribution < 1.29 is 9.53 Å². The van der Waals surface area contributed by atoms with E-state index < -0.39 is 0 Å². The third-order valence-corrected chi connectivity index (χ3v) is 1.77. The van der Waals surface area contributed by atoms with Gasteiger partial charge < -0.3 is 9.30 Å². The molecular weight excluding hydrogens is 158 g/mol. The van der Waals surface area contributed by atoms with E-state index in [4.69, 9.17) is 4.74 Å². The summed E-state index contributed by atoms with van der Waals surface area (Å²) in [7, 11) is 0. The zero-order valence-corrected chi connectivity index (χ0v) is 6.36. The normalized spacial score (nSPS) is 15.0. The number of imidazole rings is 1. The highest BCUT2D eigenvalue weighted by Gasteiger charge is 2.13. The highest BCUT2D eigenvalue weighted by Crippen LogP contribution is 2.17. The van der Waals surface area contributed by atoms with E-state index in [1.807, 2.05) is 4.57 Å². The molecule has 0 atom stereocenters. The van der Waals surface area contributed by atoms with E-state index in [0.29, 0.717) is 25.6 Å². The molecule has 0 saturated heterocycles. The van der Waals surface area contributed by atoms with E-state index in [1.54, 1.807) is 6.20 Å². The number of rotatable bonds is 1. The molecule has 0 unspecified atom stereocenters. The van der Waals surface area contributed by atoms with Crippen molar-refractivity contribution in [1.82, 2.24) is 9.55 Å². The van der Waals surface area contributed by atoms with Crippen molar-refractivity contribution in [1.29, 1.82) is 0 Å². The van der Waals surface area contributed by atoms with Crippen LogP contribution in [0.25, 0.3) is 0 Å². The van der Waals surface area contributed by atoms with Crippen LogP contribution in [0.15, 0.2) is 11.2 Å². The molecule has 5 heteroatoms. The number of nitrogens with zero attached hydrogens (tertiary/aromatic N) is 3. The Morgan fingerprint density at radius 2 is 2.67 bits per heavy atom. The lowest BCUT2D eigenvalue weighted by atomic mass is 10.5. The number of ether oxygens (including phenoxy) is 1. The largest absolute Gasteiger partial charge is 0.372 e. The fraction of sp³-hybridized carbons (Fsp3) is 0.429. The van der Waals surface area contributed by atoms with Crippen molar-refractivity contribution in [2.75, 3.05) is 6.61 Å². The summed E-state index contributed by atoms with van der Waals surface area (Å²) in [5.41, 5.74) is 0. The molecule has 0 bridgehead atoms. The summed E-state index contributed by atoms with van der Waals surface area (Å²) in [5, 5.41) is 0. The molecule has 0 N–H and O–H groups in total. The van der Waals surface area contributed by atoms with E-state index in [-0.39, 0.29) is 0 Å². The summed E-state index contributed by atoms with van der Waals surface area (Å²) in [6.07, 6.45) is 3.04. The molecular formula is C7H7N3O2. The number of fused-ring (bicyclic) bond motifs is 1. The van der Waals surface area contributed by atoms with Crippen LogP contribution in [-0.2, 0) is 22.7 Å². The van der Waals surface area contributed by atoms with Gasteiger partial charge in [-0.15, -0.1) is 4.99 Å². The standard InChI is InChI=1S/C7H7N3O2/c11-5-9-6-3-8-7-4-12-2-1-10(6)7/h3H,1-2,4H2. The van der Waals surface area contributed by atoms with Crippen LogP contribution >= 0.6 is 0 Å². The summed E-state index contributed by atoms with van der Waals surface area (Å²) in [5.74, 6) is 1.37. The average molecular weight is 165 g/mol. The van der Waals surface area contributed by atoms with Crippen LogP contribution in [0.1, 0.15) is 5.82 Å². The van der Waals surface area contributed by atoms with Crippen molar-refractivity contribution in [2.45, 2.75) is 13.2 Å². The third-order valence-electron chi connectivity index (χ3n) is 1.77. The van der Waals surface area contributed by atoms with Gasteiger partial charge in [0.15, 0.2) is 5.82 Å². The Hall–Kier alpha value is -1.45. The van der Waals surface area contributed by atoms with Crippen LogP contribution in [0, 0.1) is 0 Å². The van der Waals surface area contributed by atoms with Crippen LogP contribution in [0.2, 0.25) is 0 Å². The maximum atomic E-state index is 9.99. The molecule has 1 aromatic heterocycles. The molecule has 0 saturated carbocycles. The van der Waals surface area contributed by atoms with E-state index >= 15 is 0 Å². The second kappa shape index (κ2) is 2.89. The molecule has 0 aliphatic carbocycles. The smallest absolute Gasteiger partial charge is 0.242 e. The number of isocyanates is 1. The van der Waals surface area contributed by atoms with E-state index in [2.05, 4.69) is 9.98 Å². The Morgan fingerprint density at radius 1 is 1.75 bits per heavy atom. The van der Waals surface area contributed by atoms with Crippen molar-refractivity contribution in [3.8, 4) is 0 Å². The lowest BCUT2D eigenvalue weighted by molar-refractivity contribution is 0.0822. The van der Waals surface area contributed by atoms with Gasteiger partial charge in [0.2, 0.25) is 6.08 Å². The van der Waals surface area contributed by atoms with Crippen molar-refractivity contribution in [3.63, 3.8) is 0 Å². The summed E-state index contributed by atoms with van der Waals surface area (Å²) in [6.45, 7) is 1.84. The van der Waals surface area contributed by atoms with E-state index in [0.717, 1.165) is 5.82 Å². The molecule has 1 aromatic rings. The minimum Gasteiger partial charge on any atom is -0.372 e. The molecule has 0 radical (unpaired) electrons. The minimum absolute atomic E-state index is 0.494. The summed E-state index contributed by atoms with van der Waals surface area (Å²) in [4.78, 5) is 17.6. The zero-order valence-electron chi connectivity index (χ0n) is 6.36. The Balaban J connectivity index is 2.44. The highest BCUT2D eigenvalue weighted by atomic mass is 16.5. The number of aliphatic imine (C=N–C) groups is 1. The second-order valence-electron chi connectivity index (χ2n) is 2.44. The third kappa shape index (κ3) is 1.05. The molecule has 1 aliphatic rings. The first-order valence-electron chi connectivity index (χ1n) is 3.62. The molecule has 5 nitrogen and oxygen atoms in total. The van der Waals surface area contributed by atoms with Crippen molar-refractivity contribution >= 4 is 11.9 Å². The van der Waals surface area contributed by atoms with Crippen molar-refractivity contribution in [3.05, 3.63) is 12.0 Å². The lowest BCUT2D eigenvalue weighted by Gasteiger charge is -2.14. The molecule has 62 valence electrons. The van der Waals surface area contributed by atoms with Crippen LogP contribution < -0.4 is 0 Å². The minimum atomic E-state index is 0.494. The lowest BCUT2D eigenvalue weighted by Crippen LogP contribution is -2.16. The predicted octanol–water partition coefficient (Wildman–Crippen LogP) is 0.381. The molecule has 12 heavy (non-hydrogen) atoms. The molecule has 2 rings (SSSR count). The first kappa shape index (κ1) is 7.21. The molecule has 0 amide bonds. The predicted molar refractivity (Wildman–Crippen MR) is 39.7 cm³/mol. The summed E-state index contributed by atoms with van der Waals surface area (Å²) in [6, 6.07) is 0. The molecule has 1 aliphatic heterocycles. The number of hydrogen-bond donors (Lipinski definition) is 0. The van der Waals surface area contributed by atoms with Gasteiger partial charge in [0.05, 0.1) is 12.8 Å². The van der Waals surface area contributed by atoms with Gasteiger partial charge in [-0.3, -0.25) is 0 Å². The second-order valence-corrected chi connectivity index (χ2v) is 2.44. The number of carbonyl (C=O) groups excluding carboxylic acids is 1. The SMILES string of the molecule is O=C=Nc1cnc2n1CCOC2. The van der Waals surface area contributed by atoms with Gasteiger partial charge >= 0.3 is 0 Å². The van der Waals surface area contributed by atoms with Gasteiger partial charge in [0.1, 0.15) is 12.4 Å². The average Bonchev–Trinajstić information content (AvgIpc) is 2.50. The summed E-state index contributed by atoms with van der Waals surface area (Å²) < 4.78 is 7.02. The van der Waals surface area contributed by atoms with Gasteiger partial charge in [-0.1, -0.05) is 0 Å². The zero-order chi connectivity index (χ0) is 8.39. The molecule has 2 heterocycles. The van der Waals surface area contributed by atoms with Gasteiger partial charge in [0.25, 0.3) is 0 Å². The Kier molecular flexibility index (Phi) is 1.74. The van der Waals surface area contributed by atoms with Crippen LogP contribution in [0.3, 0.4) is 0 Å². The van der Waals surface area contributed by atoms with E-state index in [9.17, 15) is 4.79 Å².